The van der Waals surface area contributed by atoms with E-state index in [0.717, 1.165) is 11.3 Å². The Bertz CT molecular complexity index is 904. The Morgan fingerprint density at radius 3 is 3.04 bits per heavy atom. The van der Waals surface area contributed by atoms with Gasteiger partial charge in [-0.1, -0.05) is 24.3 Å². The van der Waals surface area contributed by atoms with Crippen LogP contribution in [0.1, 0.15) is 17.5 Å². The zero-order valence-corrected chi connectivity index (χ0v) is 15.5. The number of benzene rings is 1. The Balaban J connectivity index is 1.50. The predicted molar refractivity (Wildman–Crippen MR) is 106 cm³/mol. The second kappa shape index (κ2) is 9.53. The van der Waals surface area contributed by atoms with Gasteiger partial charge >= 0.3 is 0 Å². The quantitative estimate of drug-likeness (QED) is 0.722. The van der Waals surface area contributed by atoms with Gasteiger partial charge in [0.1, 0.15) is 0 Å². The molecule has 1 unspecified atom stereocenters. The van der Waals surface area contributed by atoms with Crippen LogP contribution in [-0.4, -0.2) is 29.2 Å². The number of methoxy groups -OCH3 is 1. The van der Waals surface area contributed by atoms with Crippen LogP contribution in [0.3, 0.4) is 0 Å². The first-order valence-corrected chi connectivity index (χ1v) is 8.88. The van der Waals surface area contributed by atoms with Crippen molar-refractivity contribution in [3.8, 4) is 11.5 Å². The summed E-state index contributed by atoms with van der Waals surface area (Å²) in [5, 5.41) is 12.6. The molecule has 1 amide bonds. The highest BCUT2D eigenvalue weighted by Gasteiger charge is 2.13. The molecule has 0 bridgehead atoms. The highest BCUT2D eigenvalue weighted by atomic mass is 16.5. The van der Waals surface area contributed by atoms with Crippen LogP contribution in [0.15, 0.2) is 72.7 Å². The third-order valence-corrected chi connectivity index (χ3v) is 4.14. The van der Waals surface area contributed by atoms with Gasteiger partial charge < -0.3 is 19.9 Å². The summed E-state index contributed by atoms with van der Waals surface area (Å²) >= 11 is 0. The number of carbonyl (C=O) groups excluding carboxylic acids is 1. The normalized spacial score (nSPS) is 16.0. The van der Waals surface area contributed by atoms with Crippen LogP contribution in [0, 0.1) is 0 Å². The summed E-state index contributed by atoms with van der Waals surface area (Å²) < 4.78 is 10.9. The lowest BCUT2D eigenvalue weighted by atomic mass is 10.1. The van der Waals surface area contributed by atoms with Crippen molar-refractivity contribution in [2.45, 2.75) is 19.1 Å². The molecule has 1 aromatic carbocycles. The highest BCUT2D eigenvalue weighted by Crippen LogP contribution is 2.26. The molecule has 0 saturated heterocycles. The van der Waals surface area contributed by atoms with E-state index in [-0.39, 0.29) is 17.8 Å². The summed E-state index contributed by atoms with van der Waals surface area (Å²) in [4.78, 5) is 16.2. The lowest BCUT2D eigenvalue weighted by molar-refractivity contribution is -0.115. The second-order valence-electron chi connectivity index (χ2n) is 6.25. The van der Waals surface area contributed by atoms with Crippen LogP contribution in [0.2, 0.25) is 0 Å². The first-order chi connectivity index (χ1) is 13.6. The molecule has 28 heavy (non-hydrogen) atoms. The average Bonchev–Trinajstić information content (AvgIpc) is 2.72. The van der Waals surface area contributed by atoms with Crippen molar-refractivity contribution >= 4 is 12.0 Å². The van der Waals surface area contributed by atoms with Crippen LogP contribution in [0.4, 0.5) is 0 Å². The summed E-state index contributed by atoms with van der Waals surface area (Å²) in [7, 11) is 1.48. The van der Waals surface area contributed by atoms with Gasteiger partial charge in [-0.15, -0.1) is 0 Å². The molecule has 1 aromatic heterocycles. The van der Waals surface area contributed by atoms with E-state index < -0.39 is 0 Å². The molecular formula is C22H22N2O4. The number of pyridine rings is 1. The van der Waals surface area contributed by atoms with Gasteiger partial charge in [0.05, 0.1) is 19.8 Å². The van der Waals surface area contributed by atoms with Crippen molar-refractivity contribution in [2.24, 2.45) is 0 Å². The van der Waals surface area contributed by atoms with Gasteiger partial charge in [0.2, 0.25) is 5.91 Å². The summed E-state index contributed by atoms with van der Waals surface area (Å²) in [6, 6.07) is 8.77. The molecular weight excluding hydrogens is 356 g/mol. The molecule has 0 saturated carbocycles. The van der Waals surface area contributed by atoms with Crippen LogP contribution in [-0.2, 0) is 16.1 Å². The predicted octanol–water partition coefficient (Wildman–Crippen LogP) is 3.35. The first-order valence-electron chi connectivity index (χ1n) is 8.88. The number of allylic oxidation sites excluding steroid dienone is 2. The maximum absolute atomic E-state index is 12.2. The third kappa shape index (κ3) is 5.56. The third-order valence-electron chi connectivity index (χ3n) is 4.14. The zero-order valence-electron chi connectivity index (χ0n) is 15.5. The first kappa shape index (κ1) is 19.4. The minimum atomic E-state index is -0.247. The number of nitrogens with one attached hydrogen (secondary N) is 1. The molecule has 1 heterocycles. The summed E-state index contributed by atoms with van der Waals surface area (Å²) in [6.45, 7) is 0.463. The van der Waals surface area contributed by atoms with E-state index in [1.54, 1.807) is 30.6 Å². The Hall–Kier alpha value is -3.38. The van der Waals surface area contributed by atoms with Gasteiger partial charge in [-0.25, -0.2) is 0 Å². The largest absolute Gasteiger partial charge is 0.504 e. The number of ether oxygens (including phenoxy) is 2. The van der Waals surface area contributed by atoms with E-state index >= 15 is 0 Å². The lowest BCUT2D eigenvalue weighted by Crippen LogP contribution is -2.25. The average molecular weight is 378 g/mol. The van der Waals surface area contributed by atoms with E-state index in [1.807, 2.05) is 30.4 Å². The molecule has 1 aliphatic rings. The number of carbonyl (C=O) groups is 1. The summed E-state index contributed by atoms with van der Waals surface area (Å²) in [6.07, 6.45) is 12.7. The fourth-order valence-corrected chi connectivity index (χ4v) is 2.72. The minimum absolute atomic E-state index is 0.0267. The van der Waals surface area contributed by atoms with E-state index in [1.165, 1.54) is 19.3 Å². The van der Waals surface area contributed by atoms with E-state index in [2.05, 4.69) is 10.3 Å². The van der Waals surface area contributed by atoms with Crippen LogP contribution >= 0.6 is 0 Å². The lowest BCUT2D eigenvalue weighted by Gasteiger charge is -2.19. The van der Waals surface area contributed by atoms with Crippen molar-refractivity contribution in [3.63, 3.8) is 0 Å². The number of phenolic OH excluding ortho intramolecular Hbond substituents is 1. The standard InChI is InChI=1S/C22H22N2O4/c1-27-21-9-7-16(12-20(21)25)8-10-22(26)24-18-5-2-6-19(13-18)28-15-17-4-3-11-23-14-17/h2-12,14,19,25H,13,15H2,1H3,(H,24,26)/b10-8+. The number of hydrogen-bond acceptors (Lipinski definition) is 5. The van der Waals surface area contributed by atoms with Crippen molar-refractivity contribution in [2.75, 3.05) is 7.11 Å². The molecule has 1 atom stereocenters. The number of amides is 1. The molecule has 0 fully saturated rings. The smallest absolute Gasteiger partial charge is 0.248 e. The van der Waals surface area contributed by atoms with Crippen LogP contribution < -0.4 is 10.1 Å². The highest BCUT2D eigenvalue weighted by molar-refractivity contribution is 5.93. The summed E-state index contributed by atoms with van der Waals surface area (Å²) in [5.74, 6) is 0.166. The van der Waals surface area contributed by atoms with Gasteiger partial charge in [-0.3, -0.25) is 9.78 Å². The number of hydrogen-bond donors (Lipinski definition) is 2. The molecule has 1 aliphatic carbocycles. The van der Waals surface area contributed by atoms with Gasteiger partial charge in [-0.2, -0.15) is 0 Å². The number of aromatic nitrogens is 1. The van der Waals surface area contributed by atoms with Gasteiger partial charge in [0.15, 0.2) is 11.5 Å². The number of phenols is 1. The minimum Gasteiger partial charge on any atom is -0.504 e. The number of aromatic hydroxyl groups is 1. The van der Waals surface area contributed by atoms with Crippen molar-refractivity contribution in [1.82, 2.24) is 10.3 Å². The summed E-state index contributed by atoms with van der Waals surface area (Å²) in [5.41, 5.74) is 2.48. The Kier molecular flexibility index (Phi) is 6.59. The second-order valence-corrected chi connectivity index (χ2v) is 6.25. The van der Waals surface area contributed by atoms with Crippen molar-refractivity contribution in [1.29, 1.82) is 0 Å². The van der Waals surface area contributed by atoms with Crippen molar-refractivity contribution in [3.05, 3.63) is 83.9 Å². The molecule has 0 aliphatic heterocycles. The molecule has 2 N–H and O–H groups in total. The van der Waals surface area contributed by atoms with Crippen LogP contribution in [0.5, 0.6) is 11.5 Å². The maximum atomic E-state index is 12.2. The van der Waals surface area contributed by atoms with E-state index in [4.69, 9.17) is 9.47 Å². The van der Waals surface area contributed by atoms with Crippen molar-refractivity contribution < 1.29 is 19.4 Å². The topological polar surface area (TPSA) is 80.7 Å². The molecule has 6 heteroatoms. The molecule has 144 valence electrons. The Labute approximate surface area is 163 Å². The zero-order chi connectivity index (χ0) is 19.8. The number of rotatable bonds is 7. The Morgan fingerprint density at radius 1 is 1.39 bits per heavy atom. The maximum Gasteiger partial charge on any atom is 0.248 e. The molecule has 3 rings (SSSR count). The SMILES string of the molecule is COc1ccc(/C=C/C(=O)NC2=CC=CC(OCc3cccnc3)C2)cc1O. The van der Waals surface area contributed by atoms with Gasteiger partial charge in [0.25, 0.3) is 0 Å². The fraction of sp³-hybridized carbons (Fsp3) is 0.182. The Morgan fingerprint density at radius 2 is 2.29 bits per heavy atom. The molecule has 2 aromatic rings. The molecule has 6 nitrogen and oxygen atoms in total. The van der Waals surface area contributed by atoms with Gasteiger partial charge in [-0.05, 0) is 41.5 Å². The van der Waals surface area contributed by atoms with Gasteiger partial charge in [0, 0.05) is 30.6 Å². The fourth-order valence-electron chi connectivity index (χ4n) is 2.72. The monoisotopic (exact) mass is 378 g/mol. The molecule has 0 radical (unpaired) electrons. The van der Waals surface area contributed by atoms with Crippen LogP contribution in [0.25, 0.3) is 6.08 Å². The van der Waals surface area contributed by atoms with E-state index in [0.29, 0.717) is 24.3 Å². The number of nitrogens with zero attached hydrogens (tertiary/aromatic N) is 1. The molecule has 0 spiro atoms. The van der Waals surface area contributed by atoms with E-state index in [9.17, 15) is 9.90 Å².